The van der Waals surface area contributed by atoms with E-state index in [0.29, 0.717) is 36.8 Å². The van der Waals surface area contributed by atoms with E-state index in [9.17, 15) is 9.59 Å². The van der Waals surface area contributed by atoms with Gasteiger partial charge in [0.1, 0.15) is 5.82 Å². The lowest BCUT2D eigenvalue weighted by atomic mass is 9.96. The normalized spacial score (nSPS) is 14.8. The number of benzene rings is 1. The Bertz CT molecular complexity index is 729. The molecule has 2 aromatic rings. The van der Waals surface area contributed by atoms with Gasteiger partial charge in [-0.05, 0) is 37.1 Å². The molecule has 1 fully saturated rings. The SMILES string of the molecule is O=C(Nc1ccc(Cl)cn1)C1CCN(C(=O)Nc2ccccc2)CC1. The molecule has 0 atom stereocenters. The van der Waals surface area contributed by atoms with Gasteiger partial charge in [-0.15, -0.1) is 0 Å². The number of nitrogens with zero attached hydrogens (tertiary/aromatic N) is 2. The number of hydrogen-bond donors (Lipinski definition) is 2. The van der Waals surface area contributed by atoms with Crippen molar-refractivity contribution in [3.63, 3.8) is 0 Å². The minimum atomic E-state index is -0.135. The van der Waals surface area contributed by atoms with Crippen LogP contribution < -0.4 is 10.6 Å². The number of urea groups is 1. The molecule has 130 valence electrons. The van der Waals surface area contributed by atoms with E-state index in [0.717, 1.165) is 5.69 Å². The number of rotatable bonds is 3. The molecule has 25 heavy (non-hydrogen) atoms. The van der Waals surface area contributed by atoms with Gasteiger partial charge in [0.2, 0.25) is 5.91 Å². The van der Waals surface area contributed by atoms with Crippen LogP contribution in [0.2, 0.25) is 5.02 Å². The van der Waals surface area contributed by atoms with Crippen LogP contribution >= 0.6 is 11.6 Å². The fourth-order valence-electron chi connectivity index (χ4n) is 2.75. The first kappa shape index (κ1) is 17.2. The standard InChI is InChI=1S/C18H19ClN4O2/c19-14-6-7-16(20-12-14)22-17(24)13-8-10-23(11-9-13)18(25)21-15-4-2-1-3-5-15/h1-7,12-13H,8-11H2,(H,21,25)(H,20,22,24). The van der Waals surface area contributed by atoms with Crippen LogP contribution in [0.5, 0.6) is 0 Å². The Morgan fingerprint density at radius 2 is 1.76 bits per heavy atom. The smallest absolute Gasteiger partial charge is 0.321 e. The third-order valence-corrected chi connectivity index (χ3v) is 4.38. The molecule has 3 rings (SSSR count). The van der Waals surface area contributed by atoms with Gasteiger partial charge in [-0.2, -0.15) is 0 Å². The molecular weight excluding hydrogens is 340 g/mol. The summed E-state index contributed by atoms with van der Waals surface area (Å²) in [5.74, 6) is 0.287. The summed E-state index contributed by atoms with van der Waals surface area (Å²) in [7, 11) is 0. The lowest BCUT2D eigenvalue weighted by molar-refractivity contribution is -0.121. The lowest BCUT2D eigenvalue weighted by Crippen LogP contribution is -2.43. The summed E-state index contributed by atoms with van der Waals surface area (Å²) in [6.45, 7) is 1.09. The van der Waals surface area contributed by atoms with E-state index < -0.39 is 0 Å². The van der Waals surface area contributed by atoms with E-state index in [1.54, 1.807) is 17.0 Å². The molecule has 2 heterocycles. The number of carbonyl (C=O) groups is 2. The number of carbonyl (C=O) groups excluding carboxylic acids is 2. The van der Waals surface area contributed by atoms with Gasteiger partial charge in [0, 0.05) is 30.9 Å². The number of pyridine rings is 1. The maximum absolute atomic E-state index is 12.3. The van der Waals surface area contributed by atoms with E-state index in [4.69, 9.17) is 11.6 Å². The zero-order valence-corrected chi connectivity index (χ0v) is 14.4. The predicted molar refractivity (Wildman–Crippen MR) is 97.6 cm³/mol. The van der Waals surface area contributed by atoms with Crippen LogP contribution in [0, 0.1) is 5.92 Å². The van der Waals surface area contributed by atoms with Crippen LogP contribution in [-0.4, -0.2) is 34.9 Å². The Morgan fingerprint density at radius 1 is 1.04 bits per heavy atom. The molecule has 3 amide bonds. The van der Waals surface area contributed by atoms with Crippen LogP contribution in [-0.2, 0) is 4.79 Å². The second kappa shape index (κ2) is 7.98. The van der Waals surface area contributed by atoms with Crippen molar-refractivity contribution in [2.75, 3.05) is 23.7 Å². The molecule has 0 saturated carbocycles. The van der Waals surface area contributed by atoms with E-state index in [2.05, 4.69) is 15.6 Å². The number of likely N-dealkylation sites (tertiary alicyclic amines) is 1. The fourth-order valence-corrected chi connectivity index (χ4v) is 2.86. The molecule has 2 N–H and O–H groups in total. The Hall–Kier alpha value is -2.60. The summed E-state index contributed by atoms with van der Waals surface area (Å²) < 4.78 is 0. The average Bonchev–Trinajstić information content (AvgIpc) is 2.64. The Labute approximate surface area is 151 Å². The van der Waals surface area contributed by atoms with Gasteiger partial charge >= 0.3 is 6.03 Å². The quantitative estimate of drug-likeness (QED) is 0.880. The van der Waals surface area contributed by atoms with Gasteiger partial charge < -0.3 is 15.5 Å². The summed E-state index contributed by atoms with van der Waals surface area (Å²) in [6, 6.07) is 12.5. The molecule has 7 heteroatoms. The van der Waals surface area contributed by atoms with Crippen molar-refractivity contribution in [2.24, 2.45) is 5.92 Å². The third kappa shape index (κ3) is 4.70. The molecule has 0 bridgehead atoms. The van der Waals surface area contributed by atoms with Gasteiger partial charge in [0.25, 0.3) is 0 Å². The molecule has 1 aromatic carbocycles. The first-order chi connectivity index (χ1) is 12.1. The zero-order chi connectivity index (χ0) is 17.6. The van der Waals surface area contributed by atoms with Crippen LogP contribution in [0.1, 0.15) is 12.8 Å². The molecule has 1 aliphatic heterocycles. The fraction of sp³-hybridized carbons (Fsp3) is 0.278. The van der Waals surface area contributed by atoms with Crippen molar-refractivity contribution in [1.29, 1.82) is 0 Å². The van der Waals surface area contributed by atoms with Crippen molar-refractivity contribution >= 4 is 35.0 Å². The zero-order valence-electron chi connectivity index (χ0n) is 13.6. The van der Waals surface area contributed by atoms with Crippen LogP contribution in [0.25, 0.3) is 0 Å². The summed E-state index contributed by atoms with van der Waals surface area (Å²) in [5.41, 5.74) is 0.765. The number of aromatic nitrogens is 1. The highest BCUT2D eigenvalue weighted by Crippen LogP contribution is 2.20. The number of nitrogens with one attached hydrogen (secondary N) is 2. The Balaban J connectivity index is 1.48. The Morgan fingerprint density at radius 3 is 2.40 bits per heavy atom. The van der Waals surface area contributed by atoms with E-state index in [1.807, 2.05) is 30.3 Å². The Kier molecular flexibility index (Phi) is 5.50. The maximum Gasteiger partial charge on any atom is 0.321 e. The molecule has 0 aliphatic carbocycles. The summed E-state index contributed by atoms with van der Waals surface area (Å²) >= 11 is 5.78. The number of anilines is 2. The minimum Gasteiger partial charge on any atom is -0.324 e. The molecule has 0 spiro atoms. The van der Waals surface area contributed by atoms with Gasteiger partial charge in [0.15, 0.2) is 0 Å². The largest absolute Gasteiger partial charge is 0.324 e. The molecule has 1 aliphatic rings. The second-order valence-electron chi connectivity index (χ2n) is 5.91. The summed E-state index contributed by atoms with van der Waals surface area (Å²) in [4.78, 5) is 30.4. The minimum absolute atomic E-state index is 0.0714. The average molecular weight is 359 g/mol. The molecular formula is C18H19ClN4O2. The molecule has 1 saturated heterocycles. The molecule has 6 nitrogen and oxygen atoms in total. The predicted octanol–water partition coefficient (Wildman–Crippen LogP) is 3.62. The highest BCUT2D eigenvalue weighted by atomic mass is 35.5. The first-order valence-electron chi connectivity index (χ1n) is 8.15. The van der Waals surface area contributed by atoms with E-state index in [1.165, 1.54) is 6.20 Å². The van der Waals surface area contributed by atoms with Crippen molar-refractivity contribution in [3.05, 3.63) is 53.7 Å². The number of amides is 3. The second-order valence-corrected chi connectivity index (χ2v) is 6.34. The topological polar surface area (TPSA) is 74.3 Å². The number of halogens is 1. The number of hydrogen-bond acceptors (Lipinski definition) is 3. The lowest BCUT2D eigenvalue weighted by Gasteiger charge is -2.31. The van der Waals surface area contributed by atoms with Gasteiger partial charge in [0.05, 0.1) is 5.02 Å². The molecule has 1 aromatic heterocycles. The molecule has 0 unspecified atom stereocenters. The highest BCUT2D eigenvalue weighted by Gasteiger charge is 2.27. The number of para-hydroxylation sites is 1. The monoisotopic (exact) mass is 358 g/mol. The van der Waals surface area contributed by atoms with Crippen molar-refractivity contribution in [1.82, 2.24) is 9.88 Å². The van der Waals surface area contributed by atoms with Crippen LogP contribution in [0.3, 0.4) is 0 Å². The highest BCUT2D eigenvalue weighted by molar-refractivity contribution is 6.30. The summed E-state index contributed by atoms with van der Waals surface area (Å²) in [5, 5.41) is 6.18. The van der Waals surface area contributed by atoms with Gasteiger partial charge in [-0.25, -0.2) is 9.78 Å². The van der Waals surface area contributed by atoms with E-state index >= 15 is 0 Å². The van der Waals surface area contributed by atoms with Crippen molar-refractivity contribution in [3.8, 4) is 0 Å². The first-order valence-corrected chi connectivity index (χ1v) is 8.53. The van der Waals surface area contributed by atoms with Crippen molar-refractivity contribution in [2.45, 2.75) is 12.8 Å². The number of piperidine rings is 1. The summed E-state index contributed by atoms with van der Waals surface area (Å²) in [6.07, 6.45) is 2.75. The van der Waals surface area contributed by atoms with Crippen LogP contribution in [0.15, 0.2) is 48.7 Å². The third-order valence-electron chi connectivity index (χ3n) is 4.16. The van der Waals surface area contributed by atoms with Crippen molar-refractivity contribution < 1.29 is 9.59 Å². The maximum atomic E-state index is 12.3. The van der Waals surface area contributed by atoms with Gasteiger partial charge in [-0.3, -0.25) is 4.79 Å². The van der Waals surface area contributed by atoms with Gasteiger partial charge in [-0.1, -0.05) is 29.8 Å². The van der Waals surface area contributed by atoms with E-state index in [-0.39, 0.29) is 17.9 Å². The molecule has 0 radical (unpaired) electrons. The van der Waals surface area contributed by atoms with Crippen LogP contribution in [0.4, 0.5) is 16.3 Å².